The van der Waals surface area contributed by atoms with Gasteiger partial charge in [0.2, 0.25) is 0 Å². The van der Waals surface area contributed by atoms with Crippen molar-refractivity contribution in [1.29, 1.82) is 0 Å². The van der Waals surface area contributed by atoms with E-state index in [2.05, 4.69) is 25.3 Å². The Bertz CT molecular complexity index is 1550. The molecule has 0 fully saturated rings. The number of H-pyrrole nitrogens is 2. The van der Waals surface area contributed by atoms with Crippen molar-refractivity contribution in [3.05, 3.63) is 115 Å². The van der Waals surface area contributed by atoms with Gasteiger partial charge < -0.3 is 9.64 Å². The Morgan fingerprint density at radius 3 is 1.56 bits per heavy atom. The number of nitrogens with zero attached hydrogens (tertiary/aromatic N) is 5. The van der Waals surface area contributed by atoms with Gasteiger partial charge in [-0.2, -0.15) is 10.2 Å². The van der Waals surface area contributed by atoms with Gasteiger partial charge in [-0.25, -0.2) is 28.9 Å². The summed E-state index contributed by atoms with van der Waals surface area (Å²) in [5.41, 5.74) is 1.64. The van der Waals surface area contributed by atoms with Crippen molar-refractivity contribution >= 4 is 28.9 Å². The van der Waals surface area contributed by atoms with Crippen LogP contribution in [-0.4, -0.2) is 49.7 Å². The third kappa shape index (κ3) is 5.92. The fourth-order valence-electron chi connectivity index (χ4n) is 4.34. The highest BCUT2D eigenvalue weighted by Crippen LogP contribution is 2.21. The number of hydrogen-bond acceptors (Lipinski definition) is 6. The minimum absolute atomic E-state index is 0.327. The van der Waals surface area contributed by atoms with Crippen molar-refractivity contribution < 1.29 is 4.74 Å². The average Bonchev–Trinajstić information content (AvgIpc) is 3.51. The summed E-state index contributed by atoms with van der Waals surface area (Å²) in [4.78, 5) is 27.2. The van der Waals surface area contributed by atoms with Gasteiger partial charge in [0, 0.05) is 41.7 Å². The molecule has 12 heteroatoms. The van der Waals surface area contributed by atoms with Gasteiger partial charge in [-0.3, -0.25) is 0 Å². The van der Waals surface area contributed by atoms with Crippen LogP contribution in [0.25, 0.3) is 11.4 Å². The van der Waals surface area contributed by atoms with Crippen molar-refractivity contribution in [2.24, 2.45) is 0 Å². The number of benzene rings is 3. The highest BCUT2D eigenvalue weighted by molar-refractivity contribution is 6.30. The third-order valence-electron chi connectivity index (χ3n) is 6.30. The van der Waals surface area contributed by atoms with Crippen molar-refractivity contribution in [3.8, 4) is 17.1 Å². The summed E-state index contributed by atoms with van der Waals surface area (Å²) in [6, 6.07) is 21.7. The Labute approximate surface area is 233 Å². The molecule has 5 aromatic rings. The van der Waals surface area contributed by atoms with Gasteiger partial charge >= 0.3 is 11.4 Å². The molecule has 0 atom stereocenters. The Morgan fingerprint density at radius 2 is 1.15 bits per heavy atom. The lowest BCUT2D eigenvalue weighted by Gasteiger charge is -2.25. The van der Waals surface area contributed by atoms with Gasteiger partial charge in [-0.15, -0.1) is 0 Å². The zero-order valence-corrected chi connectivity index (χ0v) is 22.5. The lowest BCUT2D eigenvalue weighted by molar-refractivity contribution is 0.415. The second kappa shape index (κ2) is 11.6. The van der Waals surface area contributed by atoms with E-state index in [1.165, 1.54) is 9.13 Å². The average molecular weight is 566 g/mol. The first-order valence-corrected chi connectivity index (χ1v) is 12.9. The molecule has 3 aromatic carbocycles. The van der Waals surface area contributed by atoms with E-state index in [1.54, 1.807) is 55.6 Å². The molecule has 2 N–H and O–H groups in total. The SMILES string of the molecule is COc1ccc(N(CCc2n[nH]c(=O)n2-c2ccc(Cl)cc2)CCc2n[nH]c(=O)n2-c2ccc(Cl)cc2)cc1. The zero-order chi connectivity index (χ0) is 27.4. The first-order chi connectivity index (χ1) is 18.9. The van der Waals surface area contributed by atoms with Crippen LogP contribution in [-0.2, 0) is 12.8 Å². The summed E-state index contributed by atoms with van der Waals surface area (Å²) in [5, 5.41) is 14.8. The highest BCUT2D eigenvalue weighted by atomic mass is 35.5. The molecule has 0 spiro atoms. The van der Waals surface area contributed by atoms with E-state index in [1.807, 2.05) is 24.3 Å². The number of halogens is 2. The van der Waals surface area contributed by atoms with Crippen molar-refractivity contribution in [3.63, 3.8) is 0 Å². The normalized spacial score (nSPS) is 11.1. The van der Waals surface area contributed by atoms with Crippen molar-refractivity contribution in [1.82, 2.24) is 29.5 Å². The summed E-state index contributed by atoms with van der Waals surface area (Å²) in [7, 11) is 1.62. The topological polar surface area (TPSA) is 114 Å². The minimum atomic E-state index is -0.327. The highest BCUT2D eigenvalue weighted by Gasteiger charge is 2.16. The number of methoxy groups -OCH3 is 1. The number of aromatic amines is 2. The largest absolute Gasteiger partial charge is 0.497 e. The number of ether oxygens (including phenoxy) is 1. The second-order valence-corrected chi connectivity index (χ2v) is 9.57. The molecule has 0 aliphatic heterocycles. The number of rotatable bonds is 10. The molecule has 0 aliphatic rings. The molecule has 0 aliphatic carbocycles. The molecule has 200 valence electrons. The second-order valence-electron chi connectivity index (χ2n) is 8.70. The van der Waals surface area contributed by atoms with Crippen LogP contribution in [0.3, 0.4) is 0 Å². The lowest BCUT2D eigenvalue weighted by Crippen LogP contribution is -2.30. The molecule has 0 bridgehead atoms. The third-order valence-corrected chi connectivity index (χ3v) is 6.81. The first-order valence-electron chi connectivity index (χ1n) is 12.2. The molecule has 0 radical (unpaired) electrons. The lowest BCUT2D eigenvalue weighted by atomic mass is 10.2. The summed E-state index contributed by atoms with van der Waals surface area (Å²) >= 11 is 12.1. The number of anilines is 1. The standard InChI is InChI=1S/C27H25Cl2N7O3/c1-39-23-12-10-20(11-13-23)34(16-14-24-30-32-26(37)35(24)21-6-2-18(28)3-7-21)17-15-25-31-33-27(38)36(25)22-8-4-19(29)5-9-22/h2-13H,14-17H2,1H3,(H,32,37)(H,33,38). The molecule has 39 heavy (non-hydrogen) atoms. The zero-order valence-electron chi connectivity index (χ0n) is 21.0. The van der Waals surface area contributed by atoms with Crippen LogP contribution in [0.4, 0.5) is 5.69 Å². The van der Waals surface area contributed by atoms with Gasteiger partial charge in [0.05, 0.1) is 18.5 Å². The number of hydrogen-bond donors (Lipinski definition) is 2. The summed E-state index contributed by atoms with van der Waals surface area (Å²) in [6.45, 7) is 1.08. The number of aromatic nitrogens is 6. The Morgan fingerprint density at radius 1 is 0.718 bits per heavy atom. The Kier molecular flexibility index (Phi) is 7.85. The van der Waals surface area contributed by atoms with Gasteiger partial charge in [-0.05, 0) is 72.8 Å². The molecule has 0 saturated carbocycles. The van der Waals surface area contributed by atoms with Crippen molar-refractivity contribution in [2.75, 3.05) is 25.1 Å². The van der Waals surface area contributed by atoms with Gasteiger partial charge in [0.15, 0.2) is 0 Å². The van der Waals surface area contributed by atoms with Crippen LogP contribution in [0, 0.1) is 0 Å². The van der Waals surface area contributed by atoms with E-state index in [4.69, 9.17) is 27.9 Å². The maximum atomic E-state index is 12.5. The van der Waals surface area contributed by atoms with E-state index in [0.717, 1.165) is 11.4 Å². The predicted molar refractivity (Wildman–Crippen MR) is 151 cm³/mol. The summed E-state index contributed by atoms with van der Waals surface area (Å²) in [5.74, 6) is 1.91. The monoisotopic (exact) mass is 565 g/mol. The van der Waals surface area contributed by atoms with Crippen LogP contribution in [0.5, 0.6) is 5.75 Å². The van der Waals surface area contributed by atoms with E-state index in [0.29, 0.717) is 59.0 Å². The first kappa shape index (κ1) is 26.3. The maximum Gasteiger partial charge on any atom is 0.347 e. The molecule has 5 rings (SSSR count). The fourth-order valence-corrected chi connectivity index (χ4v) is 4.59. The van der Waals surface area contributed by atoms with Crippen LogP contribution < -0.4 is 21.0 Å². The van der Waals surface area contributed by atoms with Gasteiger partial charge in [0.1, 0.15) is 17.4 Å². The molecular formula is C27H25Cl2N7O3. The van der Waals surface area contributed by atoms with Crippen LogP contribution in [0.15, 0.2) is 82.4 Å². The molecule has 10 nitrogen and oxygen atoms in total. The van der Waals surface area contributed by atoms with Crippen LogP contribution in [0.2, 0.25) is 10.0 Å². The predicted octanol–water partition coefficient (Wildman–Crippen LogP) is 4.04. The van der Waals surface area contributed by atoms with E-state index >= 15 is 0 Å². The fraction of sp³-hybridized carbons (Fsp3) is 0.185. The van der Waals surface area contributed by atoms with Crippen LogP contribution in [0.1, 0.15) is 11.6 Å². The molecule has 2 heterocycles. The van der Waals surface area contributed by atoms with E-state index < -0.39 is 0 Å². The maximum absolute atomic E-state index is 12.5. The van der Waals surface area contributed by atoms with Gasteiger partial charge in [0.25, 0.3) is 0 Å². The smallest absolute Gasteiger partial charge is 0.347 e. The minimum Gasteiger partial charge on any atom is -0.497 e. The van der Waals surface area contributed by atoms with Crippen LogP contribution >= 0.6 is 23.2 Å². The number of nitrogens with one attached hydrogen (secondary N) is 2. The molecule has 0 unspecified atom stereocenters. The van der Waals surface area contributed by atoms with Crippen molar-refractivity contribution in [2.45, 2.75) is 12.8 Å². The van der Waals surface area contributed by atoms with Gasteiger partial charge in [-0.1, -0.05) is 23.2 Å². The Hall–Kier alpha value is -4.28. The van der Waals surface area contributed by atoms with E-state index in [9.17, 15) is 9.59 Å². The molecule has 0 saturated heterocycles. The molecule has 2 aromatic heterocycles. The van der Waals surface area contributed by atoms with E-state index in [-0.39, 0.29) is 11.4 Å². The summed E-state index contributed by atoms with van der Waals surface area (Å²) in [6.07, 6.45) is 0.940. The quantitative estimate of drug-likeness (QED) is 0.264. The summed E-state index contributed by atoms with van der Waals surface area (Å²) < 4.78 is 8.39. The Balaban J connectivity index is 1.40. The molecule has 0 amide bonds. The molecular weight excluding hydrogens is 541 g/mol.